The third-order valence-electron chi connectivity index (χ3n) is 4.91. The maximum absolute atomic E-state index is 13.0. The highest BCUT2D eigenvalue weighted by Crippen LogP contribution is 2.34. The Morgan fingerprint density at radius 3 is 2.81 bits per heavy atom. The molecule has 0 aromatic carbocycles. The Hall–Kier alpha value is -2.82. The Morgan fingerprint density at radius 1 is 1.26 bits per heavy atom. The Morgan fingerprint density at radius 2 is 2.06 bits per heavy atom. The second kappa shape index (κ2) is 9.13. The molecule has 162 valence electrons. The summed E-state index contributed by atoms with van der Waals surface area (Å²) in [6.45, 7) is 2.30. The van der Waals surface area contributed by atoms with Crippen molar-refractivity contribution in [3.63, 3.8) is 0 Å². The van der Waals surface area contributed by atoms with Crippen LogP contribution in [0, 0.1) is 12.8 Å². The molecule has 3 aromatic heterocycles. The van der Waals surface area contributed by atoms with Gasteiger partial charge in [0.15, 0.2) is 0 Å². The van der Waals surface area contributed by atoms with E-state index in [4.69, 9.17) is 21.1 Å². The van der Waals surface area contributed by atoms with E-state index in [-0.39, 0.29) is 11.3 Å². The smallest absolute Gasteiger partial charge is 0.295 e. The minimum atomic E-state index is -0.401. The number of nitrogens with zero attached hydrogens (tertiary/aromatic N) is 4. The van der Waals surface area contributed by atoms with Crippen LogP contribution in [0.25, 0.3) is 11.1 Å². The summed E-state index contributed by atoms with van der Waals surface area (Å²) >= 11 is 7.21. The summed E-state index contributed by atoms with van der Waals surface area (Å²) in [4.78, 5) is 21.3. The van der Waals surface area contributed by atoms with Crippen LogP contribution in [0.5, 0.6) is 10.9 Å². The number of halogens is 1. The molecule has 0 atom stereocenters. The van der Waals surface area contributed by atoms with Crippen LogP contribution in [0.15, 0.2) is 24.5 Å². The number of aryl methyl sites for hydroxylation is 1. The van der Waals surface area contributed by atoms with Crippen molar-refractivity contribution in [3.8, 4) is 22.1 Å². The van der Waals surface area contributed by atoms with Crippen LogP contribution in [0.2, 0.25) is 5.15 Å². The number of ether oxygens (including phenoxy) is 2. The molecule has 0 radical (unpaired) electrons. The van der Waals surface area contributed by atoms with Crippen LogP contribution in [0.3, 0.4) is 0 Å². The molecule has 1 fully saturated rings. The number of pyridine rings is 2. The molecule has 1 aliphatic rings. The summed E-state index contributed by atoms with van der Waals surface area (Å²) in [5.74, 6) is 0.402. The second-order valence-corrected chi connectivity index (χ2v) is 8.54. The first-order valence-electron chi connectivity index (χ1n) is 9.55. The minimum Gasteiger partial charge on any atom is -0.494 e. The van der Waals surface area contributed by atoms with Gasteiger partial charge >= 0.3 is 0 Å². The third kappa shape index (κ3) is 4.92. The third-order valence-corrected chi connectivity index (χ3v) is 5.87. The van der Waals surface area contributed by atoms with Crippen molar-refractivity contribution in [2.24, 2.45) is 5.92 Å². The number of aliphatic hydroxyl groups excluding tert-OH is 1. The van der Waals surface area contributed by atoms with E-state index in [1.807, 2.05) is 6.92 Å². The molecule has 0 unspecified atom stereocenters. The fraction of sp³-hybridized carbons (Fsp3) is 0.350. The highest BCUT2D eigenvalue weighted by atomic mass is 35.5. The largest absolute Gasteiger partial charge is 0.494 e. The number of nitrogens with one attached hydrogen (secondary N) is 1. The SMILES string of the molecule is COc1cnc(Cl)cc1-c1cc(C)ncc1C(=O)Nc1nnc(OCC2CC(O)C2)s1. The van der Waals surface area contributed by atoms with Gasteiger partial charge in [-0.1, -0.05) is 16.7 Å². The fourth-order valence-electron chi connectivity index (χ4n) is 3.26. The molecule has 0 spiro atoms. The average Bonchev–Trinajstić information content (AvgIpc) is 3.17. The van der Waals surface area contributed by atoms with E-state index in [2.05, 4.69) is 25.5 Å². The highest BCUT2D eigenvalue weighted by Gasteiger charge is 2.28. The van der Waals surface area contributed by atoms with Crippen molar-refractivity contribution >= 4 is 34.0 Å². The van der Waals surface area contributed by atoms with E-state index >= 15 is 0 Å². The molecule has 1 amide bonds. The number of anilines is 1. The molecule has 1 saturated carbocycles. The number of hydrogen-bond acceptors (Lipinski definition) is 9. The maximum Gasteiger partial charge on any atom is 0.295 e. The number of amides is 1. The summed E-state index contributed by atoms with van der Waals surface area (Å²) in [6.07, 6.45) is 4.23. The molecule has 31 heavy (non-hydrogen) atoms. The van der Waals surface area contributed by atoms with Crippen LogP contribution >= 0.6 is 22.9 Å². The van der Waals surface area contributed by atoms with E-state index < -0.39 is 5.91 Å². The summed E-state index contributed by atoms with van der Waals surface area (Å²) in [5.41, 5.74) is 2.29. The Labute approximate surface area is 187 Å². The van der Waals surface area contributed by atoms with Gasteiger partial charge in [-0.2, -0.15) is 0 Å². The monoisotopic (exact) mass is 461 g/mol. The molecule has 0 bridgehead atoms. The topological polar surface area (TPSA) is 119 Å². The number of methoxy groups -OCH3 is 1. The first-order valence-corrected chi connectivity index (χ1v) is 10.7. The zero-order chi connectivity index (χ0) is 22.0. The zero-order valence-corrected chi connectivity index (χ0v) is 18.4. The van der Waals surface area contributed by atoms with E-state index in [0.29, 0.717) is 45.3 Å². The number of aliphatic hydroxyl groups is 1. The molecule has 3 aromatic rings. The average molecular weight is 462 g/mol. The lowest BCUT2D eigenvalue weighted by atomic mass is 9.83. The second-order valence-electron chi connectivity index (χ2n) is 7.21. The number of aromatic nitrogens is 4. The lowest BCUT2D eigenvalue weighted by Gasteiger charge is -2.30. The van der Waals surface area contributed by atoms with Crippen LogP contribution < -0.4 is 14.8 Å². The number of carbonyl (C=O) groups is 1. The van der Waals surface area contributed by atoms with Crippen molar-refractivity contribution in [3.05, 3.63) is 40.9 Å². The quantitative estimate of drug-likeness (QED) is 0.514. The Kier molecular flexibility index (Phi) is 6.30. The molecular weight excluding hydrogens is 442 g/mol. The van der Waals surface area contributed by atoms with Crippen LogP contribution in [-0.4, -0.2) is 51.0 Å². The van der Waals surface area contributed by atoms with Crippen molar-refractivity contribution in [2.45, 2.75) is 25.9 Å². The first kappa shape index (κ1) is 21.4. The molecule has 4 rings (SSSR count). The molecular formula is C20H20ClN5O4S. The van der Waals surface area contributed by atoms with E-state index in [9.17, 15) is 9.90 Å². The molecule has 3 heterocycles. The molecule has 0 aliphatic heterocycles. The van der Waals surface area contributed by atoms with Gasteiger partial charge in [-0.05, 0) is 49.2 Å². The lowest BCUT2D eigenvalue weighted by molar-refractivity contribution is 0.0201. The van der Waals surface area contributed by atoms with Crippen LogP contribution in [0.4, 0.5) is 5.13 Å². The van der Waals surface area contributed by atoms with Crippen LogP contribution in [-0.2, 0) is 0 Å². The van der Waals surface area contributed by atoms with Gasteiger partial charge in [-0.15, -0.1) is 5.10 Å². The maximum atomic E-state index is 13.0. The molecule has 9 nitrogen and oxygen atoms in total. The van der Waals surface area contributed by atoms with Crippen molar-refractivity contribution in [1.29, 1.82) is 0 Å². The van der Waals surface area contributed by atoms with E-state index in [1.165, 1.54) is 19.5 Å². The molecule has 1 aliphatic carbocycles. The zero-order valence-electron chi connectivity index (χ0n) is 16.8. The van der Waals surface area contributed by atoms with Gasteiger partial charge in [0.05, 0.1) is 31.6 Å². The summed E-state index contributed by atoms with van der Waals surface area (Å²) in [7, 11) is 1.52. The molecule has 0 saturated heterocycles. The van der Waals surface area contributed by atoms with E-state index in [1.54, 1.807) is 12.1 Å². The van der Waals surface area contributed by atoms with Crippen LogP contribution in [0.1, 0.15) is 28.9 Å². The van der Waals surface area contributed by atoms with Gasteiger partial charge in [-0.3, -0.25) is 15.1 Å². The van der Waals surface area contributed by atoms with Gasteiger partial charge in [0.1, 0.15) is 10.9 Å². The highest BCUT2D eigenvalue weighted by molar-refractivity contribution is 7.17. The van der Waals surface area contributed by atoms with E-state index in [0.717, 1.165) is 29.9 Å². The summed E-state index contributed by atoms with van der Waals surface area (Å²) in [5, 5.41) is 21.0. The van der Waals surface area contributed by atoms with Crippen molar-refractivity contribution in [1.82, 2.24) is 20.2 Å². The van der Waals surface area contributed by atoms with Gasteiger partial charge in [-0.25, -0.2) is 4.98 Å². The fourth-order valence-corrected chi connectivity index (χ4v) is 4.02. The Bertz CT molecular complexity index is 1100. The van der Waals surface area contributed by atoms with Gasteiger partial charge < -0.3 is 14.6 Å². The predicted molar refractivity (Wildman–Crippen MR) is 116 cm³/mol. The molecule has 11 heteroatoms. The summed E-state index contributed by atoms with van der Waals surface area (Å²) < 4.78 is 11.0. The van der Waals surface area contributed by atoms with Crippen molar-refractivity contribution in [2.75, 3.05) is 19.0 Å². The predicted octanol–water partition coefficient (Wildman–Crippen LogP) is 3.37. The molecule has 2 N–H and O–H groups in total. The summed E-state index contributed by atoms with van der Waals surface area (Å²) in [6, 6.07) is 3.42. The minimum absolute atomic E-state index is 0.232. The number of hydrogen-bond donors (Lipinski definition) is 2. The van der Waals surface area contributed by atoms with Crippen molar-refractivity contribution < 1.29 is 19.4 Å². The first-order chi connectivity index (χ1) is 14.9. The number of rotatable bonds is 7. The van der Waals surface area contributed by atoms with Gasteiger partial charge in [0.2, 0.25) is 5.13 Å². The lowest BCUT2D eigenvalue weighted by Crippen LogP contribution is -2.32. The number of carbonyl (C=O) groups excluding carboxylic acids is 1. The normalized spacial score (nSPS) is 17.7. The van der Waals surface area contributed by atoms with Gasteiger partial charge in [0, 0.05) is 23.0 Å². The Balaban J connectivity index is 1.53. The standard InChI is InChI=1S/C20H20ClN5O4S/c1-10-3-13(14-6-17(21)23-8-16(14)29-2)15(7-22-10)18(28)24-19-25-26-20(31-19)30-9-11-4-12(27)5-11/h3,6-8,11-12,27H,4-5,9H2,1-2H3,(H,24,25,28). The van der Waals surface area contributed by atoms with Gasteiger partial charge in [0.25, 0.3) is 11.1 Å².